The van der Waals surface area contributed by atoms with Gasteiger partial charge in [-0.25, -0.2) is 17.8 Å². The molecule has 0 saturated heterocycles. The summed E-state index contributed by atoms with van der Waals surface area (Å²) in [6.07, 6.45) is 0. The van der Waals surface area contributed by atoms with Crippen LogP contribution < -0.4 is 14.4 Å². The number of amides is 1. The molecule has 2 aromatic carbocycles. The van der Waals surface area contributed by atoms with Crippen molar-refractivity contribution >= 4 is 38.1 Å². The zero-order valence-corrected chi connectivity index (χ0v) is 17.6. The summed E-state index contributed by atoms with van der Waals surface area (Å²) in [5.41, 5.74) is 2.46. The molecule has 0 radical (unpaired) electrons. The number of aromatic nitrogens is 1. The van der Waals surface area contributed by atoms with Gasteiger partial charge in [0.15, 0.2) is 11.7 Å². The summed E-state index contributed by atoms with van der Waals surface area (Å²) in [5, 5.41) is 1.96. The Balaban J connectivity index is 1.54. The van der Waals surface area contributed by atoms with E-state index in [0.29, 0.717) is 29.2 Å². The van der Waals surface area contributed by atoms with Gasteiger partial charge in [0.05, 0.1) is 17.1 Å². The van der Waals surface area contributed by atoms with E-state index >= 15 is 0 Å². The molecule has 0 atom stereocenters. The maximum Gasteiger partial charge on any atom is 0.265 e. The number of benzene rings is 2. The fourth-order valence-electron chi connectivity index (χ4n) is 3.13. The number of carbonyl (C=O) groups is 1. The first-order valence-corrected chi connectivity index (χ1v) is 11.7. The van der Waals surface area contributed by atoms with Gasteiger partial charge in [-0.1, -0.05) is 12.1 Å². The van der Waals surface area contributed by atoms with Gasteiger partial charge in [-0.05, 0) is 42.8 Å². The fourth-order valence-corrected chi connectivity index (χ4v) is 5.28. The van der Waals surface area contributed by atoms with Gasteiger partial charge in [-0.2, -0.15) is 0 Å². The standard InChI is InChI=1S/C20H18FN3O4S2/c1-2-24-17-9-14(5-8-18(17)28-10-19(24)25)16-11-29-20(22-16)23-30(26,27)12-13-3-6-15(21)7-4-13/h3-9,11H,2,10,12H2,1H3,(H,22,23). The summed E-state index contributed by atoms with van der Waals surface area (Å²) in [4.78, 5) is 18.1. The maximum absolute atomic E-state index is 13.0. The lowest BCUT2D eigenvalue weighted by atomic mass is 10.1. The molecule has 1 aliphatic rings. The monoisotopic (exact) mass is 447 g/mol. The van der Waals surface area contributed by atoms with Gasteiger partial charge < -0.3 is 9.64 Å². The molecule has 0 saturated carbocycles. The van der Waals surface area contributed by atoms with Crippen LogP contribution >= 0.6 is 11.3 Å². The van der Waals surface area contributed by atoms with Crippen LogP contribution in [0.5, 0.6) is 5.75 Å². The number of thiazole rings is 1. The van der Waals surface area contributed by atoms with Gasteiger partial charge in [-0.3, -0.25) is 9.52 Å². The summed E-state index contributed by atoms with van der Waals surface area (Å²) >= 11 is 1.16. The highest BCUT2D eigenvalue weighted by atomic mass is 32.2. The first kappa shape index (κ1) is 20.3. The van der Waals surface area contributed by atoms with Gasteiger partial charge in [0.2, 0.25) is 10.0 Å². The van der Waals surface area contributed by atoms with Gasteiger partial charge in [0.25, 0.3) is 5.91 Å². The third-order valence-corrected chi connectivity index (χ3v) is 6.64. The van der Waals surface area contributed by atoms with E-state index in [1.807, 2.05) is 19.1 Å². The summed E-state index contributed by atoms with van der Waals surface area (Å²) < 4.78 is 45.7. The molecular formula is C20H18FN3O4S2. The van der Waals surface area contributed by atoms with Crippen LogP contribution in [0.1, 0.15) is 12.5 Å². The van der Waals surface area contributed by atoms with E-state index in [9.17, 15) is 17.6 Å². The van der Waals surface area contributed by atoms with Crippen molar-refractivity contribution in [2.45, 2.75) is 12.7 Å². The maximum atomic E-state index is 13.0. The van der Waals surface area contributed by atoms with Gasteiger partial charge in [-0.15, -0.1) is 11.3 Å². The minimum atomic E-state index is -3.70. The van der Waals surface area contributed by atoms with Crippen molar-refractivity contribution in [1.82, 2.24) is 4.98 Å². The van der Waals surface area contributed by atoms with Crippen LogP contribution in [-0.4, -0.2) is 32.5 Å². The van der Waals surface area contributed by atoms with Crippen molar-refractivity contribution in [1.29, 1.82) is 0 Å². The number of anilines is 2. The summed E-state index contributed by atoms with van der Waals surface area (Å²) in [5.74, 6) is -0.204. The number of hydrogen-bond donors (Lipinski definition) is 1. The van der Waals surface area contributed by atoms with E-state index in [1.165, 1.54) is 24.3 Å². The quantitative estimate of drug-likeness (QED) is 0.623. The highest BCUT2D eigenvalue weighted by Crippen LogP contribution is 2.36. The molecule has 3 aromatic rings. The van der Waals surface area contributed by atoms with Crippen molar-refractivity contribution in [3.8, 4) is 17.0 Å². The van der Waals surface area contributed by atoms with Crippen LogP contribution in [0.3, 0.4) is 0 Å². The molecule has 30 heavy (non-hydrogen) atoms. The molecule has 0 aliphatic carbocycles. The predicted octanol–water partition coefficient (Wildman–Crippen LogP) is 3.64. The lowest BCUT2D eigenvalue weighted by Crippen LogP contribution is -2.38. The number of ether oxygens (including phenoxy) is 1. The Labute approximate surface area is 177 Å². The number of nitrogens with one attached hydrogen (secondary N) is 1. The number of sulfonamides is 1. The Hall–Kier alpha value is -2.98. The highest BCUT2D eigenvalue weighted by Gasteiger charge is 2.25. The number of rotatable bonds is 6. The molecule has 7 nitrogen and oxygen atoms in total. The first-order chi connectivity index (χ1) is 14.3. The third-order valence-electron chi connectivity index (χ3n) is 4.53. The second-order valence-corrected chi connectivity index (χ2v) is 9.22. The van der Waals surface area contributed by atoms with E-state index < -0.39 is 15.8 Å². The fraction of sp³-hybridized carbons (Fsp3) is 0.200. The second kappa shape index (κ2) is 8.04. The Morgan fingerprint density at radius 3 is 2.73 bits per heavy atom. The summed E-state index contributed by atoms with van der Waals surface area (Å²) in [6.45, 7) is 2.41. The average molecular weight is 448 g/mol. The number of likely N-dealkylation sites (N-methyl/N-ethyl adjacent to an activating group) is 1. The molecule has 0 spiro atoms. The predicted molar refractivity (Wildman–Crippen MR) is 114 cm³/mol. The molecule has 2 heterocycles. The Morgan fingerprint density at radius 1 is 1.23 bits per heavy atom. The van der Waals surface area contributed by atoms with E-state index in [1.54, 1.807) is 16.3 Å². The number of hydrogen-bond acceptors (Lipinski definition) is 6. The van der Waals surface area contributed by atoms with Crippen LogP contribution in [0.15, 0.2) is 47.8 Å². The number of halogens is 1. The molecular weight excluding hydrogens is 429 g/mol. The zero-order chi connectivity index (χ0) is 21.3. The van der Waals surface area contributed by atoms with Crippen LogP contribution in [0.4, 0.5) is 15.2 Å². The third kappa shape index (κ3) is 4.29. The van der Waals surface area contributed by atoms with Crippen molar-refractivity contribution in [3.63, 3.8) is 0 Å². The smallest absolute Gasteiger partial charge is 0.265 e. The molecule has 0 bridgehead atoms. The lowest BCUT2D eigenvalue weighted by molar-refractivity contribution is -0.121. The Kier molecular flexibility index (Phi) is 5.44. The summed E-state index contributed by atoms with van der Waals surface area (Å²) in [7, 11) is -3.70. The molecule has 0 unspecified atom stereocenters. The van der Waals surface area contributed by atoms with Gasteiger partial charge in [0.1, 0.15) is 11.6 Å². The van der Waals surface area contributed by atoms with Gasteiger partial charge in [0, 0.05) is 17.5 Å². The van der Waals surface area contributed by atoms with Crippen LogP contribution in [0.25, 0.3) is 11.3 Å². The van der Waals surface area contributed by atoms with Crippen molar-refractivity contribution in [2.75, 3.05) is 22.8 Å². The number of fused-ring (bicyclic) bond motifs is 1. The molecule has 1 N–H and O–H groups in total. The Bertz CT molecular complexity index is 1190. The normalized spacial score (nSPS) is 13.7. The average Bonchev–Trinajstić information content (AvgIpc) is 3.16. The number of nitrogens with zero attached hydrogens (tertiary/aromatic N) is 2. The van der Waals surface area contributed by atoms with Crippen LogP contribution in [0, 0.1) is 5.82 Å². The Morgan fingerprint density at radius 2 is 2.00 bits per heavy atom. The second-order valence-electron chi connectivity index (χ2n) is 6.63. The minimum absolute atomic E-state index is 0.0108. The molecule has 1 aromatic heterocycles. The van der Waals surface area contributed by atoms with Crippen molar-refractivity contribution in [3.05, 3.63) is 59.2 Å². The molecule has 1 aliphatic heterocycles. The highest BCUT2D eigenvalue weighted by molar-refractivity contribution is 7.92. The molecule has 4 rings (SSSR count). The lowest BCUT2D eigenvalue weighted by Gasteiger charge is -2.28. The largest absolute Gasteiger partial charge is 0.482 e. The van der Waals surface area contributed by atoms with Crippen molar-refractivity contribution < 1.29 is 22.3 Å². The molecule has 0 fully saturated rings. The topological polar surface area (TPSA) is 88.6 Å². The van der Waals surface area contributed by atoms with Crippen LogP contribution in [-0.2, 0) is 20.6 Å². The SMILES string of the molecule is CCN1C(=O)COc2ccc(-c3csc(NS(=O)(=O)Cc4ccc(F)cc4)n3)cc21. The van der Waals surface area contributed by atoms with Crippen molar-refractivity contribution in [2.24, 2.45) is 0 Å². The minimum Gasteiger partial charge on any atom is -0.482 e. The van der Waals surface area contributed by atoms with E-state index in [2.05, 4.69) is 9.71 Å². The number of carbonyl (C=O) groups excluding carboxylic acids is 1. The van der Waals surface area contributed by atoms with E-state index in [4.69, 9.17) is 4.74 Å². The van der Waals surface area contributed by atoms with Crippen LogP contribution in [0.2, 0.25) is 0 Å². The molecule has 156 valence electrons. The van der Waals surface area contributed by atoms with E-state index in [-0.39, 0.29) is 23.4 Å². The summed E-state index contributed by atoms with van der Waals surface area (Å²) in [6, 6.07) is 10.7. The van der Waals surface area contributed by atoms with Gasteiger partial charge >= 0.3 is 0 Å². The first-order valence-electron chi connectivity index (χ1n) is 9.12. The molecule has 10 heteroatoms. The zero-order valence-electron chi connectivity index (χ0n) is 16.0. The molecule has 1 amide bonds. The van der Waals surface area contributed by atoms with E-state index in [0.717, 1.165) is 16.9 Å².